The molecule has 0 aliphatic carbocycles. The number of nitrogens with two attached hydrogens (primary N) is 1. The van der Waals surface area contributed by atoms with Gasteiger partial charge in [-0.3, -0.25) is 4.79 Å². The van der Waals surface area contributed by atoms with E-state index in [9.17, 15) is 4.79 Å². The Kier molecular flexibility index (Phi) is 4.97. The van der Waals surface area contributed by atoms with E-state index in [0.29, 0.717) is 6.42 Å². The Bertz CT molecular complexity index is 407. The lowest BCUT2D eigenvalue weighted by Gasteiger charge is -2.27. The van der Waals surface area contributed by atoms with Crippen LogP contribution in [0.15, 0.2) is 24.3 Å². The van der Waals surface area contributed by atoms with Crippen LogP contribution in [0, 0.1) is 0 Å². The van der Waals surface area contributed by atoms with Gasteiger partial charge in [-0.1, -0.05) is 31.2 Å². The number of amides is 1. The molecule has 3 nitrogen and oxygen atoms in total. The van der Waals surface area contributed by atoms with Crippen LogP contribution in [0.1, 0.15) is 49.8 Å². The van der Waals surface area contributed by atoms with Crippen molar-refractivity contribution in [1.82, 2.24) is 4.90 Å². The highest BCUT2D eigenvalue weighted by Crippen LogP contribution is 2.18. The lowest BCUT2D eigenvalue weighted by Crippen LogP contribution is -2.37. The van der Waals surface area contributed by atoms with Crippen LogP contribution in [0.3, 0.4) is 0 Å². The molecule has 1 aliphatic heterocycles. The zero-order valence-corrected chi connectivity index (χ0v) is 11.8. The number of hydrogen-bond acceptors (Lipinski definition) is 2. The lowest BCUT2D eigenvalue weighted by molar-refractivity contribution is -0.132. The fourth-order valence-electron chi connectivity index (χ4n) is 2.58. The van der Waals surface area contributed by atoms with Crippen LogP contribution in [-0.4, -0.2) is 23.9 Å². The summed E-state index contributed by atoms with van der Waals surface area (Å²) in [6.45, 7) is 3.94. The molecule has 1 unspecified atom stereocenters. The number of carbonyl (C=O) groups is 1. The molecule has 1 saturated heterocycles. The van der Waals surface area contributed by atoms with Crippen LogP contribution in [0.2, 0.25) is 0 Å². The van der Waals surface area contributed by atoms with Crippen LogP contribution in [0.4, 0.5) is 0 Å². The molecular weight excluding hydrogens is 236 g/mol. The van der Waals surface area contributed by atoms with Crippen molar-refractivity contribution in [2.75, 3.05) is 13.1 Å². The van der Waals surface area contributed by atoms with Crippen molar-refractivity contribution < 1.29 is 4.79 Å². The fourth-order valence-corrected chi connectivity index (χ4v) is 2.58. The van der Waals surface area contributed by atoms with E-state index in [2.05, 4.69) is 19.1 Å². The highest BCUT2D eigenvalue weighted by Gasteiger charge is 2.19. The van der Waals surface area contributed by atoms with Gasteiger partial charge in [0.1, 0.15) is 0 Å². The molecule has 0 saturated carbocycles. The van der Waals surface area contributed by atoms with Crippen LogP contribution in [-0.2, 0) is 11.2 Å². The predicted octanol–water partition coefficient (Wildman–Crippen LogP) is 2.65. The Labute approximate surface area is 115 Å². The van der Waals surface area contributed by atoms with Gasteiger partial charge in [-0.05, 0) is 36.8 Å². The second kappa shape index (κ2) is 6.71. The van der Waals surface area contributed by atoms with Crippen LogP contribution >= 0.6 is 0 Å². The molecule has 3 heteroatoms. The number of nitrogens with zero attached hydrogens (tertiary/aromatic N) is 1. The molecule has 1 aromatic rings. The Morgan fingerprint density at radius 2 is 1.84 bits per heavy atom. The first-order chi connectivity index (χ1) is 9.20. The quantitative estimate of drug-likeness (QED) is 0.904. The molecule has 0 aromatic heterocycles. The number of hydrogen-bond donors (Lipinski definition) is 1. The summed E-state index contributed by atoms with van der Waals surface area (Å²) in [5, 5.41) is 0. The Morgan fingerprint density at radius 3 is 2.42 bits per heavy atom. The van der Waals surface area contributed by atoms with Crippen molar-refractivity contribution in [3.8, 4) is 0 Å². The molecule has 0 radical (unpaired) electrons. The van der Waals surface area contributed by atoms with E-state index in [1.54, 1.807) is 0 Å². The molecule has 2 rings (SSSR count). The van der Waals surface area contributed by atoms with Gasteiger partial charge in [-0.15, -0.1) is 0 Å². The minimum Gasteiger partial charge on any atom is -0.343 e. The average molecular weight is 260 g/mol. The van der Waals surface area contributed by atoms with Gasteiger partial charge < -0.3 is 10.6 Å². The Hall–Kier alpha value is -1.35. The third kappa shape index (κ3) is 3.80. The van der Waals surface area contributed by atoms with Crippen molar-refractivity contribution in [2.45, 2.75) is 45.1 Å². The Balaban J connectivity index is 1.91. The normalized spacial score (nSPS) is 17.3. The molecule has 0 spiro atoms. The number of rotatable bonds is 4. The molecule has 1 fully saturated rings. The first-order valence-electron chi connectivity index (χ1n) is 7.33. The molecule has 1 aliphatic rings. The van der Waals surface area contributed by atoms with Gasteiger partial charge in [-0.2, -0.15) is 0 Å². The summed E-state index contributed by atoms with van der Waals surface area (Å²) in [4.78, 5) is 14.1. The fraction of sp³-hybridized carbons (Fsp3) is 0.562. The van der Waals surface area contributed by atoms with Crippen molar-refractivity contribution >= 4 is 5.91 Å². The number of aryl methyl sites for hydroxylation is 1. The van der Waals surface area contributed by atoms with Crippen molar-refractivity contribution in [2.24, 2.45) is 5.73 Å². The minimum atomic E-state index is -0.180. The smallest absolute Gasteiger partial charge is 0.224 e. The van der Waals surface area contributed by atoms with E-state index in [1.807, 2.05) is 17.0 Å². The zero-order valence-electron chi connectivity index (χ0n) is 11.8. The van der Waals surface area contributed by atoms with Crippen LogP contribution in [0.5, 0.6) is 0 Å². The minimum absolute atomic E-state index is 0.180. The summed E-state index contributed by atoms with van der Waals surface area (Å²) in [7, 11) is 0. The number of carbonyl (C=O) groups excluding carboxylic acids is 1. The molecule has 1 atom stereocenters. The van der Waals surface area contributed by atoms with E-state index >= 15 is 0 Å². The zero-order chi connectivity index (χ0) is 13.7. The molecular formula is C16H24N2O. The molecule has 0 bridgehead atoms. The maximum absolute atomic E-state index is 12.2. The molecule has 1 aromatic carbocycles. The first kappa shape index (κ1) is 14.1. The predicted molar refractivity (Wildman–Crippen MR) is 77.8 cm³/mol. The van der Waals surface area contributed by atoms with E-state index in [0.717, 1.165) is 37.9 Å². The van der Waals surface area contributed by atoms with Crippen molar-refractivity contribution in [1.29, 1.82) is 0 Å². The SMILES string of the molecule is CCc1ccc(C(N)CC(=O)N2CCCCC2)cc1. The van der Waals surface area contributed by atoms with E-state index in [1.165, 1.54) is 12.0 Å². The van der Waals surface area contributed by atoms with Gasteiger partial charge >= 0.3 is 0 Å². The standard InChI is InChI=1S/C16H24N2O/c1-2-13-6-8-14(9-7-13)15(17)12-16(19)18-10-4-3-5-11-18/h6-9,15H,2-5,10-12,17H2,1H3. The van der Waals surface area contributed by atoms with Gasteiger partial charge in [0.15, 0.2) is 0 Å². The second-order valence-electron chi connectivity index (χ2n) is 5.35. The van der Waals surface area contributed by atoms with Crippen molar-refractivity contribution in [3.63, 3.8) is 0 Å². The van der Waals surface area contributed by atoms with Gasteiger partial charge in [0.25, 0.3) is 0 Å². The molecule has 104 valence electrons. The average Bonchev–Trinajstić information content (AvgIpc) is 2.48. The maximum atomic E-state index is 12.2. The largest absolute Gasteiger partial charge is 0.343 e. The summed E-state index contributed by atoms with van der Waals surface area (Å²) in [5.74, 6) is 0.201. The number of benzene rings is 1. The van der Waals surface area contributed by atoms with Gasteiger partial charge in [0.05, 0.1) is 0 Å². The van der Waals surface area contributed by atoms with Gasteiger partial charge in [0, 0.05) is 25.6 Å². The van der Waals surface area contributed by atoms with Gasteiger partial charge in [0.2, 0.25) is 5.91 Å². The first-order valence-corrected chi connectivity index (χ1v) is 7.33. The lowest BCUT2D eigenvalue weighted by atomic mass is 10.0. The topological polar surface area (TPSA) is 46.3 Å². The highest BCUT2D eigenvalue weighted by molar-refractivity contribution is 5.77. The third-order valence-electron chi connectivity index (χ3n) is 3.92. The van der Waals surface area contributed by atoms with E-state index in [-0.39, 0.29) is 11.9 Å². The summed E-state index contributed by atoms with van der Waals surface area (Å²) in [6, 6.07) is 8.11. The number of piperidine rings is 1. The summed E-state index contributed by atoms with van der Waals surface area (Å²) in [5.41, 5.74) is 8.51. The van der Waals surface area contributed by atoms with Crippen molar-refractivity contribution in [3.05, 3.63) is 35.4 Å². The molecule has 1 amide bonds. The summed E-state index contributed by atoms with van der Waals surface area (Å²) in [6.07, 6.45) is 4.96. The summed E-state index contributed by atoms with van der Waals surface area (Å²) < 4.78 is 0. The molecule has 19 heavy (non-hydrogen) atoms. The van der Waals surface area contributed by atoms with E-state index in [4.69, 9.17) is 5.73 Å². The second-order valence-corrected chi connectivity index (χ2v) is 5.35. The number of likely N-dealkylation sites (tertiary alicyclic amines) is 1. The Morgan fingerprint density at radius 1 is 1.21 bits per heavy atom. The summed E-state index contributed by atoms with van der Waals surface area (Å²) >= 11 is 0. The highest BCUT2D eigenvalue weighted by atomic mass is 16.2. The van der Waals surface area contributed by atoms with Gasteiger partial charge in [-0.25, -0.2) is 0 Å². The third-order valence-corrected chi connectivity index (χ3v) is 3.92. The van der Waals surface area contributed by atoms with Crippen LogP contribution in [0.25, 0.3) is 0 Å². The molecule has 1 heterocycles. The van der Waals surface area contributed by atoms with Crippen LogP contribution < -0.4 is 5.73 Å². The monoisotopic (exact) mass is 260 g/mol. The van der Waals surface area contributed by atoms with E-state index < -0.39 is 0 Å². The molecule has 2 N–H and O–H groups in total. The maximum Gasteiger partial charge on any atom is 0.224 e.